The molecule has 5 heteroatoms. The van der Waals surface area contributed by atoms with Crippen LogP contribution in [0.5, 0.6) is 0 Å². The quantitative estimate of drug-likeness (QED) is 0.0361. The first kappa shape index (κ1) is 73.0. The maximum Gasteiger partial charge on any atom is 0.112 e. The molecule has 0 radical (unpaired) electrons. The van der Waals surface area contributed by atoms with E-state index in [-0.39, 0.29) is 16.2 Å². The van der Waals surface area contributed by atoms with Crippen molar-refractivity contribution in [2.24, 2.45) is 0 Å². The number of aromatic nitrogens is 2. The lowest BCUT2D eigenvalue weighted by molar-refractivity contribution is 0.328. The van der Waals surface area contributed by atoms with Gasteiger partial charge < -0.3 is 9.80 Å². The molecule has 0 unspecified atom stereocenters. The van der Waals surface area contributed by atoms with E-state index < -0.39 is 0 Å². The Morgan fingerprint density at radius 2 is 0.552 bits per heavy atom. The van der Waals surface area contributed by atoms with Gasteiger partial charge in [-0.25, -0.2) is 0 Å². The number of unbranched alkanes of at least 4 members (excludes halogenated alkanes) is 20. The Morgan fingerprint density at radius 1 is 0.281 bits per heavy atom. The van der Waals surface area contributed by atoms with Gasteiger partial charge in [-0.3, -0.25) is 0 Å². The van der Waals surface area contributed by atoms with Gasteiger partial charge in [-0.05, 0) is 228 Å². The fourth-order valence-electron chi connectivity index (χ4n) is 17.8. The Kier molecular flexibility index (Phi) is 26.5. The van der Waals surface area contributed by atoms with Crippen LogP contribution in [0.25, 0.3) is 66.7 Å². The van der Waals surface area contributed by atoms with Gasteiger partial charge in [0, 0.05) is 21.8 Å². The molecule has 0 aliphatic heterocycles. The highest BCUT2D eigenvalue weighted by molar-refractivity contribution is 7.00. The van der Waals surface area contributed by atoms with E-state index >= 15 is 0 Å². The van der Waals surface area contributed by atoms with Crippen molar-refractivity contribution in [2.45, 2.75) is 277 Å². The molecule has 0 fully saturated rings. The first-order valence-electron chi connectivity index (χ1n) is 39.0. The molecular weight excluding hydrogens is 1180 g/mol. The predicted octanol–water partition coefficient (Wildman–Crippen LogP) is 26.4. The number of hydrogen-bond donors (Lipinski definition) is 0. The fraction of sp³-hybridized carbons (Fsp3) is 0.538. The topological polar surface area (TPSA) is 32.3 Å². The smallest absolute Gasteiger partial charge is 0.112 e. The third-order valence-electron chi connectivity index (χ3n) is 23.1. The minimum Gasteiger partial charge on any atom is -0.309 e. The van der Waals surface area contributed by atoms with Crippen molar-refractivity contribution in [2.75, 3.05) is 41.3 Å². The Labute approximate surface area is 588 Å². The summed E-state index contributed by atoms with van der Waals surface area (Å²) in [6, 6.07) is 48.9. The van der Waals surface area contributed by atoms with Crippen molar-refractivity contribution < 1.29 is 0 Å². The van der Waals surface area contributed by atoms with E-state index in [0.717, 1.165) is 24.1 Å². The van der Waals surface area contributed by atoms with Crippen molar-refractivity contribution in [1.82, 2.24) is 18.5 Å². The Morgan fingerprint density at radius 3 is 0.896 bits per heavy atom. The van der Waals surface area contributed by atoms with Crippen molar-refractivity contribution in [1.29, 1.82) is 0 Å². The third kappa shape index (κ3) is 16.6. The van der Waals surface area contributed by atoms with Gasteiger partial charge in [0.25, 0.3) is 0 Å². The van der Waals surface area contributed by atoms with Crippen LogP contribution in [0.15, 0.2) is 121 Å². The van der Waals surface area contributed by atoms with Crippen LogP contribution in [0, 0.1) is 27.7 Å². The molecule has 1 heterocycles. The molecule has 3 aliphatic carbocycles. The molecule has 7 aromatic carbocycles. The predicted molar refractivity (Wildman–Crippen MR) is 420 cm³/mol. The number of nitrogens with zero attached hydrogens (tertiary/aromatic N) is 4. The van der Waals surface area contributed by atoms with Gasteiger partial charge in [0.15, 0.2) is 0 Å². The van der Waals surface area contributed by atoms with E-state index in [0.29, 0.717) is 0 Å². The molecule has 96 heavy (non-hydrogen) atoms. The summed E-state index contributed by atoms with van der Waals surface area (Å²) in [4.78, 5) is 4.73. The lowest BCUT2D eigenvalue weighted by Gasteiger charge is -2.34. The average molecular weight is 1310 g/mol. The number of fused-ring (bicyclic) bond motifs is 10. The average Bonchev–Trinajstić information content (AvgIpc) is 1.58. The van der Waals surface area contributed by atoms with Gasteiger partial charge in [0.1, 0.15) is 11.0 Å². The van der Waals surface area contributed by atoms with Crippen LogP contribution < -0.4 is 0 Å². The second-order valence-electron chi connectivity index (χ2n) is 31.0. The van der Waals surface area contributed by atoms with Crippen LogP contribution >= 0.6 is 11.7 Å². The van der Waals surface area contributed by atoms with E-state index in [9.17, 15) is 0 Å². The largest absolute Gasteiger partial charge is 0.309 e. The van der Waals surface area contributed by atoms with E-state index in [1.807, 2.05) is 0 Å². The molecule has 3 aliphatic rings. The van der Waals surface area contributed by atoms with Gasteiger partial charge >= 0.3 is 0 Å². The molecule has 0 amide bonds. The van der Waals surface area contributed by atoms with Gasteiger partial charge in [0.05, 0.1) is 11.7 Å². The van der Waals surface area contributed by atoms with Crippen LogP contribution in [0.3, 0.4) is 0 Å². The molecule has 11 rings (SSSR count). The van der Waals surface area contributed by atoms with E-state index in [1.54, 1.807) is 33.4 Å². The maximum absolute atomic E-state index is 4.74. The monoisotopic (exact) mass is 1300 g/mol. The van der Waals surface area contributed by atoms with Crippen LogP contribution in [0.2, 0.25) is 0 Å². The van der Waals surface area contributed by atoms with Crippen LogP contribution in [-0.2, 0) is 16.2 Å². The van der Waals surface area contributed by atoms with Crippen molar-refractivity contribution in [3.63, 3.8) is 0 Å². The SMILES string of the molecule is CCCCCCCCC1(CCCCCCCC)c2cc(C)ccc2-c2ccc(-c3ccc(C)c4nsnc34)cc21.CCCCCCCCC1(CCCCCCCC)c2cc(C)ccc2-c2ccc(-c3ccc4c(c3)C(CCCN(C)C)(CCCN(C)C)c3cc(C)ccc3-4)cc21. The van der Waals surface area contributed by atoms with Crippen LogP contribution in [0.1, 0.15) is 289 Å². The first-order valence-corrected chi connectivity index (χ1v) is 39.8. The molecule has 1 aromatic heterocycles. The second-order valence-corrected chi connectivity index (χ2v) is 31.5. The Hall–Kier alpha value is -5.72. The highest BCUT2D eigenvalue weighted by Crippen LogP contribution is 2.59. The third-order valence-corrected chi connectivity index (χ3v) is 23.6. The highest BCUT2D eigenvalue weighted by Gasteiger charge is 2.46. The number of aryl methyl sites for hydroxylation is 4. The molecule has 0 spiro atoms. The standard InChI is InChI=1S/C54H76N2.C37H48N2S/c1-9-11-13-15-17-19-31-53(32-20-18-16-14-12-10-2)49-37-41(3)23-27-45(49)47-29-25-43(39-51(47)53)44-26-30-48-46-28-24-42(4)38-50(46)54(52(48)40-44,33-21-35-55(5)6)34-22-36-56(7)8;1-5-7-9-11-13-15-23-37(24-16-14-12-10-8-6-2)33-25-27(3)17-20-31(33)32-22-19-29(26-34(32)37)30-21-18-28(4)35-36(30)39-40-38-35/h23-30,37-40H,9-22,31-36H2,1-8H3;17-22,25-26H,5-16,23-24H2,1-4H3. The summed E-state index contributed by atoms with van der Waals surface area (Å²) in [5, 5.41) is 0. The zero-order valence-electron chi connectivity index (χ0n) is 62.3. The molecule has 0 atom stereocenters. The zero-order chi connectivity index (χ0) is 67.7. The highest BCUT2D eigenvalue weighted by atomic mass is 32.1. The van der Waals surface area contributed by atoms with E-state index in [1.165, 1.54) is 295 Å². The fourth-order valence-corrected chi connectivity index (χ4v) is 18.4. The molecule has 0 N–H and O–H groups in total. The Balaban J connectivity index is 0.000000221. The summed E-state index contributed by atoms with van der Waals surface area (Å²) in [6.45, 7) is 20.5. The van der Waals surface area contributed by atoms with Crippen LogP contribution in [0.4, 0.5) is 0 Å². The molecule has 0 saturated heterocycles. The summed E-state index contributed by atoms with van der Waals surface area (Å²) in [6.07, 6.45) is 42.1. The van der Waals surface area contributed by atoms with Gasteiger partial charge in [-0.15, -0.1) is 0 Å². The number of hydrogen-bond acceptors (Lipinski definition) is 5. The number of rotatable bonds is 38. The normalized spacial score (nSPS) is 14.2. The van der Waals surface area contributed by atoms with Crippen molar-refractivity contribution in [3.05, 3.63) is 177 Å². The second kappa shape index (κ2) is 34.9. The minimum absolute atomic E-state index is 0.0303. The van der Waals surface area contributed by atoms with E-state index in [4.69, 9.17) is 4.37 Å². The lowest BCUT2D eigenvalue weighted by Crippen LogP contribution is -2.29. The van der Waals surface area contributed by atoms with Crippen molar-refractivity contribution >= 4 is 22.8 Å². The lowest BCUT2D eigenvalue weighted by atomic mass is 9.69. The summed E-state index contributed by atoms with van der Waals surface area (Å²) < 4.78 is 9.36. The first-order chi connectivity index (χ1) is 46.7. The van der Waals surface area contributed by atoms with Gasteiger partial charge in [0.2, 0.25) is 0 Å². The minimum atomic E-state index is 0.0303. The molecule has 0 bridgehead atoms. The van der Waals surface area contributed by atoms with Gasteiger partial charge in [-0.1, -0.05) is 302 Å². The molecule has 514 valence electrons. The summed E-state index contributed by atoms with van der Waals surface area (Å²) in [5.41, 5.74) is 31.3. The molecular formula is C91H124N4S. The van der Waals surface area contributed by atoms with Crippen LogP contribution in [-0.4, -0.2) is 59.8 Å². The van der Waals surface area contributed by atoms with Gasteiger partial charge in [-0.2, -0.15) is 8.75 Å². The molecule has 0 saturated carbocycles. The maximum atomic E-state index is 4.74. The Bertz CT molecular complexity index is 3730. The summed E-state index contributed by atoms with van der Waals surface area (Å²) >= 11 is 1.33. The zero-order valence-corrected chi connectivity index (χ0v) is 63.1. The summed E-state index contributed by atoms with van der Waals surface area (Å²) in [7, 11) is 8.90. The molecule has 4 nitrogen and oxygen atoms in total. The summed E-state index contributed by atoms with van der Waals surface area (Å²) in [5.74, 6) is 0. The molecule has 8 aromatic rings. The number of benzene rings is 7. The van der Waals surface area contributed by atoms with Crippen molar-refractivity contribution in [3.8, 4) is 55.6 Å². The van der Waals surface area contributed by atoms with E-state index in [2.05, 4.69) is 219 Å².